The van der Waals surface area contributed by atoms with Gasteiger partial charge in [0.15, 0.2) is 0 Å². The molecule has 1 heterocycles. The van der Waals surface area contributed by atoms with Crippen LogP contribution in [-0.4, -0.2) is 21.6 Å². The van der Waals surface area contributed by atoms with Crippen LogP contribution in [0.4, 0.5) is 0 Å². The molecule has 0 aliphatic heterocycles. The van der Waals surface area contributed by atoms with Crippen molar-refractivity contribution in [2.75, 3.05) is 0 Å². The average Bonchev–Trinajstić information content (AvgIpc) is 2.92. The summed E-state index contributed by atoms with van der Waals surface area (Å²) in [4.78, 5) is 22.7. The second kappa shape index (κ2) is 6.39. The Labute approximate surface area is 121 Å². The summed E-state index contributed by atoms with van der Waals surface area (Å²) in [7, 11) is 0. The molecular formula is C15H13N3O3. The highest BCUT2D eigenvalue weighted by Gasteiger charge is 2.12. The molecule has 2 rings (SSSR count). The number of carboxylic acid groups (broad SMARTS) is 1. The van der Waals surface area contributed by atoms with Gasteiger partial charge in [-0.1, -0.05) is 12.1 Å². The number of rotatable bonds is 5. The van der Waals surface area contributed by atoms with E-state index < -0.39 is 5.97 Å². The van der Waals surface area contributed by atoms with Crippen molar-refractivity contribution >= 4 is 11.9 Å². The maximum absolute atomic E-state index is 12.0. The molecule has 1 aromatic heterocycles. The minimum atomic E-state index is -1.01. The predicted molar refractivity (Wildman–Crippen MR) is 74.4 cm³/mol. The van der Waals surface area contributed by atoms with Crippen molar-refractivity contribution in [1.29, 1.82) is 5.26 Å². The van der Waals surface area contributed by atoms with Crippen LogP contribution in [0.5, 0.6) is 0 Å². The van der Waals surface area contributed by atoms with Crippen molar-refractivity contribution < 1.29 is 14.7 Å². The van der Waals surface area contributed by atoms with Crippen LogP contribution in [0.25, 0.3) is 0 Å². The molecule has 0 unspecified atom stereocenters. The fraction of sp³-hybridized carbons (Fsp3) is 0.133. The Morgan fingerprint density at radius 2 is 1.95 bits per heavy atom. The van der Waals surface area contributed by atoms with Crippen LogP contribution in [0.1, 0.15) is 21.6 Å². The minimum absolute atomic E-state index is 0.257. The summed E-state index contributed by atoms with van der Waals surface area (Å²) in [6.45, 7) is 0.0510. The Morgan fingerprint density at radius 3 is 2.57 bits per heavy atom. The van der Waals surface area contributed by atoms with E-state index in [4.69, 9.17) is 10.4 Å². The molecule has 0 saturated carbocycles. The summed E-state index contributed by atoms with van der Waals surface area (Å²) in [6, 6.07) is 12.1. The zero-order valence-corrected chi connectivity index (χ0v) is 11.1. The van der Waals surface area contributed by atoms with E-state index in [-0.39, 0.29) is 12.5 Å². The SMILES string of the molecule is N#Cc1ccc(CNC(=O)c2cccn2CC(=O)O)cc1. The lowest BCUT2D eigenvalue weighted by atomic mass is 10.1. The lowest BCUT2D eigenvalue weighted by Crippen LogP contribution is -2.26. The van der Waals surface area contributed by atoms with E-state index >= 15 is 0 Å². The van der Waals surface area contributed by atoms with E-state index in [1.54, 1.807) is 42.6 Å². The van der Waals surface area contributed by atoms with Gasteiger partial charge in [0, 0.05) is 12.7 Å². The zero-order chi connectivity index (χ0) is 15.2. The van der Waals surface area contributed by atoms with Gasteiger partial charge >= 0.3 is 5.97 Å². The smallest absolute Gasteiger partial charge is 0.323 e. The molecule has 106 valence electrons. The molecule has 1 aromatic carbocycles. The third-order valence-electron chi connectivity index (χ3n) is 2.90. The van der Waals surface area contributed by atoms with E-state index in [9.17, 15) is 9.59 Å². The number of hydrogen-bond donors (Lipinski definition) is 2. The van der Waals surface area contributed by atoms with Crippen molar-refractivity contribution in [3.05, 3.63) is 59.4 Å². The lowest BCUT2D eigenvalue weighted by molar-refractivity contribution is -0.137. The van der Waals surface area contributed by atoms with Crippen LogP contribution >= 0.6 is 0 Å². The molecule has 1 amide bonds. The Bertz CT molecular complexity index is 696. The van der Waals surface area contributed by atoms with Gasteiger partial charge in [-0.15, -0.1) is 0 Å². The first kappa shape index (κ1) is 14.3. The van der Waals surface area contributed by atoms with Gasteiger partial charge in [0.25, 0.3) is 5.91 Å². The molecule has 0 spiro atoms. The van der Waals surface area contributed by atoms with Crippen molar-refractivity contribution in [3.8, 4) is 6.07 Å². The Balaban J connectivity index is 2.00. The van der Waals surface area contributed by atoms with Gasteiger partial charge in [-0.3, -0.25) is 9.59 Å². The van der Waals surface area contributed by atoms with Crippen LogP contribution < -0.4 is 5.32 Å². The van der Waals surface area contributed by atoms with E-state index in [0.29, 0.717) is 17.8 Å². The van der Waals surface area contributed by atoms with Gasteiger partial charge in [-0.25, -0.2) is 0 Å². The van der Waals surface area contributed by atoms with Gasteiger partial charge in [-0.2, -0.15) is 5.26 Å². The molecule has 6 heteroatoms. The first-order chi connectivity index (χ1) is 10.1. The first-order valence-electron chi connectivity index (χ1n) is 6.24. The summed E-state index contributed by atoms with van der Waals surface area (Å²) < 4.78 is 1.37. The van der Waals surface area contributed by atoms with E-state index in [0.717, 1.165) is 5.56 Å². The van der Waals surface area contributed by atoms with Crippen LogP contribution in [0.3, 0.4) is 0 Å². The quantitative estimate of drug-likeness (QED) is 0.866. The number of nitrogens with zero attached hydrogens (tertiary/aromatic N) is 2. The summed E-state index contributed by atoms with van der Waals surface area (Å²) in [6.07, 6.45) is 1.55. The van der Waals surface area contributed by atoms with Crippen LogP contribution in [-0.2, 0) is 17.9 Å². The highest BCUT2D eigenvalue weighted by atomic mass is 16.4. The van der Waals surface area contributed by atoms with Gasteiger partial charge in [0.1, 0.15) is 12.2 Å². The molecule has 6 nitrogen and oxygen atoms in total. The van der Waals surface area contributed by atoms with Crippen molar-refractivity contribution in [1.82, 2.24) is 9.88 Å². The van der Waals surface area contributed by atoms with Crippen LogP contribution in [0.15, 0.2) is 42.6 Å². The number of benzene rings is 1. The maximum Gasteiger partial charge on any atom is 0.323 e. The lowest BCUT2D eigenvalue weighted by Gasteiger charge is -2.08. The normalized spacial score (nSPS) is 9.86. The second-order valence-electron chi connectivity index (χ2n) is 4.41. The van der Waals surface area contributed by atoms with E-state index in [1.165, 1.54) is 4.57 Å². The molecule has 0 fully saturated rings. The van der Waals surface area contributed by atoms with Gasteiger partial charge < -0.3 is 15.0 Å². The number of nitrogens with one attached hydrogen (secondary N) is 1. The number of carbonyl (C=O) groups is 2. The number of nitriles is 1. The highest BCUT2D eigenvalue weighted by molar-refractivity contribution is 5.93. The number of hydrogen-bond acceptors (Lipinski definition) is 3. The largest absolute Gasteiger partial charge is 0.480 e. The van der Waals surface area contributed by atoms with E-state index in [2.05, 4.69) is 5.32 Å². The fourth-order valence-corrected chi connectivity index (χ4v) is 1.87. The van der Waals surface area contributed by atoms with Gasteiger partial charge in [0.05, 0.1) is 11.6 Å². The number of carbonyl (C=O) groups excluding carboxylic acids is 1. The molecule has 0 aliphatic carbocycles. The third kappa shape index (κ3) is 3.70. The molecular weight excluding hydrogens is 270 g/mol. The van der Waals surface area contributed by atoms with Crippen LogP contribution in [0.2, 0.25) is 0 Å². The fourth-order valence-electron chi connectivity index (χ4n) is 1.87. The van der Waals surface area contributed by atoms with Crippen molar-refractivity contribution in [2.24, 2.45) is 0 Å². The number of carboxylic acids is 1. The van der Waals surface area contributed by atoms with Crippen molar-refractivity contribution in [2.45, 2.75) is 13.1 Å². The molecule has 0 atom stereocenters. The molecule has 21 heavy (non-hydrogen) atoms. The summed E-state index contributed by atoms with van der Waals surface area (Å²) in [5, 5.41) is 20.2. The van der Waals surface area contributed by atoms with Gasteiger partial charge in [-0.05, 0) is 29.8 Å². The number of amides is 1. The third-order valence-corrected chi connectivity index (χ3v) is 2.90. The van der Waals surface area contributed by atoms with Crippen molar-refractivity contribution in [3.63, 3.8) is 0 Å². The number of aliphatic carboxylic acids is 1. The molecule has 2 aromatic rings. The number of aromatic nitrogens is 1. The zero-order valence-electron chi connectivity index (χ0n) is 11.1. The molecule has 0 radical (unpaired) electrons. The summed E-state index contributed by atoms with van der Waals surface area (Å²) in [5.74, 6) is -1.35. The molecule has 0 saturated heterocycles. The monoisotopic (exact) mass is 283 g/mol. The second-order valence-corrected chi connectivity index (χ2v) is 4.41. The standard InChI is InChI=1S/C15H13N3O3/c16-8-11-3-5-12(6-4-11)9-17-15(21)13-2-1-7-18(13)10-14(19)20/h1-7H,9-10H2,(H,17,21)(H,19,20). The highest BCUT2D eigenvalue weighted by Crippen LogP contribution is 2.05. The molecule has 0 aliphatic rings. The maximum atomic E-state index is 12.0. The average molecular weight is 283 g/mol. The van der Waals surface area contributed by atoms with Gasteiger partial charge in [0.2, 0.25) is 0 Å². The Hall–Kier alpha value is -3.07. The minimum Gasteiger partial charge on any atom is -0.480 e. The Kier molecular flexibility index (Phi) is 4.36. The predicted octanol–water partition coefficient (Wildman–Crippen LogP) is 1.37. The summed E-state index contributed by atoms with van der Waals surface area (Å²) in [5.41, 5.74) is 1.71. The molecule has 2 N–H and O–H groups in total. The van der Waals surface area contributed by atoms with E-state index in [1.807, 2.05) is 6.07 Å². The summed E-state index contributed by atoms with van der Waals surface area (Å²) >= 11 is 0. The first-order valence-corrected chi connectivity index (χ1v) is 6.24. The Morgan fingerprint density at radius 1 is 1.24 bits per heavy atom. The topological polar surface area (TPSA) is 95.1 Å². The van der Waals surface area contributed by atoms with Crippen LogP contribution in [0, 0.1) is 11.3 Å². The molecule has 0 bridgehead atoms.